The summed E-state index contributed by atoms with van der Waals surface area (Å²) in [5.74, 6) is 1.56. The average Bonchev–Trinajstić information content (AvgIpc) is 2.65. The fourth-order valence-electron chi connectivity index (χ4n) is 2.06. The number of para-hydroxylation sites is 1. The topological polar surface area (TPSA) is 53.1 Å². The molecule has 1 saturated carbocycles. The van der Waals surface area contributed by atoms with Gasteiger partial charge in [-0.1, -0.05) is 12.1 Å². The fourth-order valence-corrected chi connectivity index (χ4v) is 2.06. The Kier molecular flexibility index (Phi) is 2.70. The summed E-state index contributed by atoms with van der Waals surface area (Å²) in [6, 6.07) is 9.88. The summed E-state index contributed by atoms with van der Waals surface area (Å²) in [4.78, 5) is 0. The van der Waals surface area contributed by atoms with Gasteiger partial charge in [-0.25, -0.2) is 0 Å². The highest BCUT2D eigenvalue weighted by atomic mass is 16.5. The summed E-state index contributed by atoms with van der Waals surface area (Å²) in [5, 5.41) is 4.40. The first-order chi connectivity index (χ1) is 8.74. The van der Waals surface area contributed by atoms with Crippen LogP contribution in [0.15, 0.2) is 30.3 Å². The number of benzene rings is 1. The summed E-state index contributed by atoms with van der Waals surface area (Å²) in [5.41, 5.74) is 7.70. The second-order valence-corrected chi connectivity index (χ2v) is 4.74. The Morgan fingerprint density at radius 2 is 2.11 bits per heavy atom. The Hall–Kier alpha value is -1.97. The van der Waals surface area contributed by atoms with Crippen molar-refractivity contribution in [3.05, 3.63) is 30.3 Å². The lowest BCUT2D eigenvalue weighted by molar-refractivity contribution is 0.121. The second kappa shape index (κ2) is 4.37. The number of nitrogen functional groups attached to an aromatic ring is 1. The van der Waals surface area contributed by atoms with Gasteiger partial charge < -0.3 is 10.5 Å². The Morgan fingerprint density at radius 3 is 2.72 bits per heavy atom. The van der Waals surface area contributed by atoms with Crippen LogP contribution >= 0.6 is 0 Å². The number of hydrogen-bond donors (Lipinski definition) is 1. The quantitative estimate of drug-likeness (QED) is 0.901. The minimum atomic E-state index is 0.368. The van der Waals surface area contributed by atoms with Gasteiger partial charge in [0, 0.05) is 18.7 Å². The molecule has 0 unspecified atom stereocenters. The van der Waals surface area contributed by atoms with Gasteiger partial charge in [0.25, 0.3) is 0 Å². The highest BCUT2D eigenvalue weighted by molar-refractivity contribution is 5.69. The maximum absolute atomic E-state index is 5.99. The number of rotatable bonds is 3. The molecule has 1 aromatic heterocycles. The Balaban J connectivity index is 1.94. The molecular formula is C14H17N3O. The van der Waals surface area contributed by atoms with Crippen LogP contribution in [0.4, 0.5) is 5.82 Å². The summed E-state index contributed by atoms with van der Waals surface area (Å²) < 4.78 is 7.67. The highest BCUT2D eigenvalue weighted by Gasteiger charge is 2.21. The van der Waals surface area contributed by atoms with Crippen molar-refractivity contribution in [2.75, 3.05) is 5.73 Å². The molecule has 0 saturated heterocycles. The maximum atomic E-state index is 5.99. The summed E-state index contributed by atoms with van der Waals surface area (Å²) in [6.45, 7) is 0. The molecule has 4 heteroatoms. The molecule has 1 aromatic carbocycles. The van der Waals surface area contributed by atoms with Crippen molar-refractivity contribution < 1.29 is 4.74 Å². The average molecular weight is 243 g/mol. The molecule has 2 N–H and O–H groups in total. The lowest BCUT2D eigenvalue weighted by Gasteiger charge is -2.27. The van der Waals surface area contributed by atoms with E-state index in [0.717, 1.165) is 29.8 Å². The first-order valence-electron chi connectivity index (χ1n) is 6.29. The number of aromatic nitrogens is 2. The SMILES string of the molecule is Cn1nc(-c2ccccc2OC2CCC2)cc1N. The number of hydrogen-bond acceptors (Lipinski definition) is 3. The first-order valence-corrected chi connectivity index (χ1v) is 6.29. The van der Waals surface area contributed by atoms with Crippen LogP contribution in [-0.4, -0.2) is 15.9 Å². The molecule has 2 aromatic rings. The van der Waals surface area contributed by atoms with Gasteiger partial charge in [-0.3, -0.25) is 4.68 Å². The van der Waals surface area contributed by atoms with Gasteiger partial charge >= 0.3 is 0 Å². The van der Waals surface area contributed by atoms with Crippen molar-refractivity contribution in [2.45, 2.75) is 25.4 Å². The van der Waals surface area contributed by atoms with E-state index in [2.05, 4.69) is 5.10 Å². The summed E-state index contributed by atoms with van der Waals surface area (Å²) in [6.07, 6.45) is 3.94. The summed E-state index contributed by atoms with van der Waals surface area (Å²) in [7, 11) is 1.84. The van der Waals surface area contributed by atoms with E-state index < -0.39 is 0 Å². The fraction of sp³-hybridized carbons (Fsp3) is 0.357. The second-order valence-electron chi connectivity index (χ2n) is 4.74. The van der Waals surface area contributed by atoms with Crippen LogP contribution in [0, 0.1) is 0 Å². The van der Waals surface area contributed by atoms with Crippen molar-refractivity contribution in [2.24, 2.45) is 7.05 Å². The Morgan fingerprint density at radius 1 is 1.33 bits per heavy atom. The van der Waals surface area contributed by atoms with E-state index >= 15 is 0 Å². The molecule has 1 aliphatic carbocycles. The minimum Gasteiger partial charge on any atom is -0.490 e. The standard InChI is InChI=1S/C14H17N3O/c1-17-14(15)9-12(16-17)11-7-2-3-8-13(11)18-10-5-4-6-10/h2-3,7-10H,4-6,15H2,1H3. The number of aryl methyl sites for hydroxylation is 1. The van der Waals surface area contributed by atoms with Gasteiger partial charge in [0.2, 0.25) is 0 Å². The van der Waals surface area contributed by atoms with Crippen molar-refractivity contribution in [3.8, 4) is 17.0 Å². The molecule has 0 aliphatic heterocycles. The van der Waals surface area contributed by atoms with Gasteiger partial charge in [0.15, 0.2) is 0 Å². The molecule has 1 heterocycles. The largest absolute Gasteiger partial charge is 0.490 e. The number of anilines is 1. The van der Waals surface area contributed by atoms with E-state index in [4.69, 9.17) is 10.5 Å². The van der Waals surface area contributed by atoms with Crippen LogP contribution in [0.2, 0.25) is 0 Å². The molecular weight excluding hydrogens is 226 g/mol. The molecule has 3 rings (SSSR count). The molecule has 0 spiro atoms. The van der Waals surface area contributed by atoms with Crippen LogP contribution in [0.5, 0.6) is 5.75 Å². The molecule has 1 aliphatic rings. The third-order valence-electron chi connectivity index (χ3n) is 3.42. The van der Waals surface area contributed by atoms with E-state index in [-0.39, 0.29) is 0 Å². The normalized spacial score (nSPS) is 15.4. The predicted octanol–water partition coefficient (Wildman–Crippen LogP) is 2.60. The van der Waals surface area contributed by atoms with Crippen LogP contribution in [-0.2, 0) is 7.05 Å². The van der Waals surface area contributed by atoms with Gasteiger partial charge in [0.1, 0.15) is 11.6 Å². The molecule has 0 amide bonds. The number of ether oxygens (including phenoxy) is 1. The van der Waals surface area contributed by atoms with Crippen molar-refractivity contribution in [1.29, 1.82) is 0 Å². The summed E-state index contributed by atoms with van der Waals surface area (Å²) >= 11 is 0. The van der Waals surface area contributed by atoms with Gasteiger partial charge in [-0.05, 0) is 31.4 Å². The molecule has 4 nitrogen and oxygen atoms in total. The predicted molar refractivity (Wildman–Crippen MR) is 71.3 cm³/mol. The van der Waals surface area contributed by atoms with Crippen LogP contribution in [0.1, 0.15) is 19.3 Å². The van der Waals surface area contributed by atoms with E-state index in [1.54, 1.807) is 4.68 Å². The van der Waals surface area contributed by atoms with Crippen LogP contribution < -0.4 is 10.5 Å². The van der Waals surface area contributed by atoms with Crippen molar-refractivity contribution in [1.82, 2.24) is 9.78 Å². The third kappa shape index (κ3) is 1.94. The van der Waals surface area contributed by atoms with Gasteiger partial charge in [-0.15, -0.1) is 0 Å². The van der Waals surface area contributed by atoms with Crippen LogP contribution in [0.25, 0.3) is 11.3 Å². The zero-order chi connectivity index (χ0) is 12.5. The third-order valence-corrected chi connectivity index (χ3v) is 3.42. The smallest absolute Gasteiger partial charge is 0.129 e. The Bertz CT molecular complexity index is 538. The van der Waals surface area contributed by atoms with E-state index in [9.17, 15) is 0 Å². The van der Waals surface area contributed by atoms with Crippen LogP contribution in [0.3, 0.4) is 0 Å². The molecule has 1 fully saturated rings. The Labute approximate surface area is 106 Å². The van der Waals surface area contributed by atoms with E-state index in [1.165, 1.54) is 6.42 Å². The lowest BCUT2D eigenvalue weighted by atomic mass is 9.96. The first kappa shape index (κ1) is 11.1. The van der Waals surface area contributed by atoms with Gasteiger partial charge in [0.05, 0.1) is 11.8 Å². The lowest BCUT2D eigenvalue weighted by Crippen LogP contribution is -2.24. The van der Waals surface area contributed by atoms with E-state index in [0.29, 0.717) is 11.9 Å². The zero-order valence-corrected chi connectivity index (χ0v) is 10.5. The maximum Gasteiger partial charge on any atom is 0.129 e. The molecule has 0 radical (unpaired) electrons. The van der Waals surface area contributed by atoms with E-state index in [1.807, 2.05) is 37.4 Å². The van der Waals surface area contributed by atoms with Crippen molar-refractivity contribution >= 4 is 5.82 Å². The molecule has 0 atom stereocenters. The molecule has 94 valence electrons. The molecule has 18 heavy (non-hydrogen) atoms. The number of nitrogens with zero attached hydrogens (tertiary/aromatic N) is 2. The van der Waals surface area contributed by atoms with Crippen molar-refractivity contribution in [3.63, 3.8) is 0 Å². The highest BCUT2D eigenvalue weighted by Crippen LogP contribution is 2.33. The molecule has 0 bridgehead atoms. The van der Waals surface area contributed by atoms with Gasteiger partial charge in [-0.2, -0.15) is 5.10 Å². The zero-order valence-electron chi connectivity index (χ0n) is 10.5. The minimum absolute atomic E-state index is 0.368. The number of nitrogens with two attached hydrogens (primary N) is 1. The monoisotopic (exact) mass is 243 g/mol.